The predicted octanol–water partition coefficient (Wildman–Crippen LogP) is 1.56. The number of rotatable bonds is 6. The average Bonchev–Trinajstić information content (AvgIpc) is 2.84. The summed E-state index contributed by atoms with van der Waals surface area (Å²) in [6.07, 6.45) is 4.32. The lowest BCUT2D eigenvalue weighted by Crippen LogP contribution is -2.14. The van der Waals surface area contributed by atoms with Crippen LogP contribution in [0, 0.1) is 11.8 Å². The molecule has 0 bridgehead atoms. The van der Waals surface area contributed by atoms with Gasteiger partial charge in [0.2, 0.25) is 0 Å². The Morgan fingerprint density at radius 2 is 1.84 bits per heavy atom. The van der Waals surface area contributed by atoms with Gasteiger partial charge in [-0.05, 0) is 43.2 Å². The lowest BCUT2D eigenvalue weighted by Gasteiger charge is -2.12. The van der Waals surface area contributed by atoms with E-state index in [1.165, 1.54) is 0 Å². The SMILES string of the molecule is O=S(=O)(CC1CCC(CCO[SiH3])C1)c1ccccc1. The zero-order valence-electron chi connectivity index (χ0n) is 11.4. The fourth-order valence-corrected chi connectivity index (χ4v) is 4.83. The van der Waals surface area contributed by atoms with Gasteiger partial charge in [-0.2, -0.15) is 0 Å². The van der Waals surface area contributed by atoms with Crippen molar-refractivity contribution in [3.8, 4) is 0 Å². The van der Waals surface area contributed by atoms with Gasteiger partial charge in [-0.3, -0.25) is 0 Å². The summed E-state index contributed by atoms with van der Waals surface area (Å²) in [6.45, 7) is 0.842. The van der Waals surface area contributed by atoms with Gasteiger partial charge in [0.25, 0.3) is 0 Å². The van der Waals surface area contributed by atoms with Crippen molar-refractivity contribution in [2.75, 3.05) is 12.4 Å². The van der Waals surface area contributed by atoms with Gasteiger partial charge in [-0.25, -0.2) is 8.42 Å². The molecule has 0 amide bonds. The van der Waals surface area contributed by atoms with Crippen LogP contribution < -0.4 is 0 Å². The Hall–Kier alpha value is -0.653. The molecule has 1 aromatic rings. The van der Waals surface area contributed by atoms with Crippen LogP contribution in [-0.4, -0.2) is 31.3 Å². The van der Waals surface area contributed by atoms with E-state index in [2.05, 4.69) is 0 Å². The highest BCUT2D eigenvalue weighted by atomic mass is 32.2. The van der Waals surface area contributed by atoms with E-state index >= 15 is 0 Å². The lowest BCUT2D eigenvalue weighted by molar-refractivity contribution is 0.299. The summed E-state index contributed by atoms with van der Waals surface area (Å²) in [4.78, 5) is 0.460. The van der Waals surface area contributed by atoms with Gasteiger partial charge < -0.3 is 4.43 Å². The smallest absolute Gasteiger partial charge is 0.178 e. The minimum atomic E-state index is -3.11. The monoisotopic (exact) mass is 298 g/mol. The number of hydrogen-bond donors (Lipinski definition) is 0. The van der Waals surface area contributed by atoms with Crippen LogP contribution in [0.15, 0.2) is 35.2 Å². The summed E-state index contributed by atoms with van der Waals surface area (Å²) in [7, 11) is -2.32. The highest BCUT2D eigenvalue weighted by Crippen LogP contribution is 2.34. The largest absolute Gasteiger partial charge is 0.428 e. The van der Waals surface area contributed by atoms with Gasteiger partial charge >= 0.3 is 0 Å². The molecule has 0 aliphatic heterocycles. The first-order valence-electron chi connectivity index (χ1n) is 6.88. The zero-order chi connectivity index (χ0) is 13.7. The van der Waals surface area contributed by atoms with Crippen molar-refractivity contribution in [2.24, 2.45) is 11.8 Å². The Morgan fingerprint density at radius 3 is 2.53 bits per heavy atom. The molecular formula is C14H22O3SSi. The first kappa shape index (κ1) is 14.7. The molecule has 19 heavy (non-hydrogen) atoms. The van der Waals surface area contributed by atoms with Crippen LogP contribution in [0.2, 0.25) is 0 Å². The van der Waals surface area contributed by atoms with Crippen molar-refractivity contribution in [3.05, 3.63) is 30.3 Å². The molecule has 1 aromatic carbocycles. The van der Waals surface area contributed by atoms with Crippen LogP contribution in [0.3, 0.4) is 0 Å². The van der Waals surface area contributed by atoms with Crippen molar-refractivity contribution >= 4 is 20.3 Å². The first-order chi connectivity index (χ1) is 9.12. The second-order valence-corrected chi connectivity index (χ2v) is 8.03. The summed E-state index contributed by atoms with van der Waals surface area (Å²) >= 11 is 0. The van der Waals surface area contributed by atoms with Gasteiger partial charge in [-0.15, -0.1) is 0 Å². The van der Waals surface area contributed by atoms with E-state index in [4.69, 9.17) is 4.43 Å². The maximum Gasteiger partial charge on any atom is 0.178 e. The van der Waals surface area contributed by atoms with Gasteiger partial charge in [0, 0.05) is 6.61 Å². The molecule has 0 N–H and O–H groups in total. The Morgan fingerprint density at radius 1 is 1.16 bits per heavy atom. The minimum absolute atomic E-state index is 0.301. The molecule has 0 heterocycles. The lowest BCUT2D eigenvalue weighted by atomic mass is 10.0. The summed E-state index contributed by atoms with van der Waals surface area (Å²) in [5, 5.41) is 0. The van der Waals surface area contributed by atoms with Gasteiger partial charge in [0.15, 0.2) is 9.84 Å². The number of sulfone groups is 1. The van der Waals surface area contributed by atoms with Crippen LogP contribution in [0.4, 0.5) is 0 Å². The van der Waals surface area contributed by atoms with E-state index in [1.54, 1.807) is 24.3 Å². The van der Waals surface area contributed by atoms with Crippen molar-refractivity contribution in [1.29, 1.82) is 0 Å². The third kappa shape index (κ3) is 4.16. The van der Waals surface area contributed by atoms with Crippen molar-refractivity contribution in [3.63, 3.8) is 0 Å². The van der Waals surface area contributed by atoms with Crippen molar-refractivity contribution < 1.29 is 12.8 Å². The molecule has 0 saturated heterocycles. The fourth-order valence-electron chi connectivity index (χ4n) is 2.91. The summed E-state index contributed by atoms with van der Waals surface area (Å²) < 4.78 is 29.8. The average molecular weight is 298 g/mol. The third-order valence-corrected chi connectivity index (χ3v) is 6.25. The molecule has 1 aliphatic carbocycles. The Kier molecular flexibility index (Phi) is 5.18. The molecule has 3 nitrogen and oxygen atoms in total. The molecule has 1 saturated carbocycles. The van der Waals surface area contributed by atoms with Crippen LogP contribution in [0.1, 0.15) is 25.7 Å². The minimum Gasteiger partial charge on any atom is -0.428 e. The molecule has 2 unspecified atom stereocenters. The third-order valence-electron chi connectivity index (χ3n) is 3.94. The molecule has 106 valence electrons. The van der Waals surface area contributed by atoms with E-state index in [1.807, 2.05) is 6.07 Å². The molecule has 1 aliphatic rings. The quantitative estimate of drug-likeness (QED) is 0.749. The Bertz CT molecular complexity index is 487. The molecule has 0 spiro atoms. The van der Waals surface area contributed by atoms with Crippen LogP contribution in [-0.2, 0) is 14.3 Å². The van der Waals surface area contributed by atoms with Crippen LogP contribution >= 0.6 is 0 Å². The zero-order valence-corrected chi connectivity index (χ0v) is 14.2. The summed E-state index contributed by atoms with van der Waals surface area (Å²) in [5.74, 6) is 1.28. The van der Waals surface area contributed by atoms with E-state index in [0.717, 1.165) is 42.8 Å². The second-order valence-electron chi connectivity index (χ2n) is 5.42. The normalized spacial score (nSPS) is 23.8. The molecule has 0 radical (unpaired) electrons. The van der Waals surface area contributed by atoms with Crippen molar-refractivity contribution in [2.45, 2.75) is 30.6 Å². The summed E-state index contributed by atoms with van der Waals surface area (Å²) in [5.41, 5.74) is 0. The number of hydrogen-bond acceptors (Lipinski definition) is 3. The molecule has 2 atom stereocenters. The molecule has 5 heteroatoms. The van der Waals surface area contributed by atoms with Crippen LogP contribution in [0.5, 0.6) is 0 Å². The predicted molar refractivity (Wildman–Crippen MR) is 79.8 cm³/mol. The highest BCUT2D eigenvalue weighted by Gasteiger charge is 2.29. The second kappa shape index (κ2) is 6.68. The highest BCUT2D eigenvalue weighted by molar-refractivity contribution is 7.91. The van der Waals surface area contributed by atoms with Crippen molar-refractivity contribution in [1.82, 2.24) is 0 Å². The molecule has 1 fully saturated rings. The Labute approximate surface area is 118 Å². The maximum atomic E-state index is 12.3. The standard InChI is InChI=1S/C14H22O3SSi/c15-18(16,14-4-2-1-3-5-14)11-13-7-6-12(10-13)8-9-17-19/h1-5,12-13H,6-11H2,19H3. The fraction of sp³-hybridized carbons (Fsp3) is 0.571. The molecule has 2 rings (SSSR count). The van der Waals surface area contributed by atoms with Gasteiger partial charge in [0.05, 0.1) is 10.6 Å². The van der Waals surface area contributed by atoms with Crippen LogP contribution in [0.25, 0.3) is 0 Å². The van der Waals surface area contributed by atoms with E-state index in [9.17, 15) is 8.42 Å². The van der Waals surface area contributed by atoms with E-state index in [-0.39, 0.29) is 0 Å². The molecule has 0 aromatic heterocycles. The first-order valence-corrected chi connectivity index (χ1v) is 9.35. The maximum absolute atomic E-state index is 12.3. The van der Waals surface area contributed by atoms with Gasteiger partial charge in [0.1, 0.15) is 10.5 Å². The van der Waals surface area contributed by atoms with Gasteiger partial charge in [-0.1, -0.05) is 24.6 Å². The molecular weight excluding hydrogens is 276 g/mol. The van der Waals surface area contributed by atoms with E-state index in [0.29, 0.717) is 22.5 Å². The topological polar surface area (TPSA) is 43.4 Å². The summed E-state index contributed by atoms with van der Waals surface area (Å²) in [6, 6.07) is 8.80. The van der Waals surface area contributed by atoms with E-state index < -0.39 is 9.84 Å². The number of benzene rings is 1. The Balaban J connectivity index is 1.92.